The molecule has 2 rings (SSSR count). The summed E-state index contributed by atoms with van der Waals surface area (Å²) < 4.78 is 0. The van der Waals surface area contributed by atoms with Gasteiger partial charge in [-0.3, -0.25) is 0 Å². The average Bonchev–Trinajstić information content (AvgIpc) is 2.93. The number of hydrogen-bond acceptors (Lipinski definition) is 2. The lowest BCUT2D eigenvalue weighted by Crippen LogP contribution is -2.33. The van der Waals surface area contributed by atoms with E-state index in [9.17, 15) is 0 Å². The first-order chi connectivity index (χ1) is 9.69. The Bertz CT molecular complexity index is 516. The Balaban J connectivity index is 2.08. The van der Waals surface area contributed by atoms with Crippen LogP contribution in [0.3, 0.4) is 0 Å². The summed E-state index contributed by atoms with van der Waals surface area (Å²) in [6, 6.07) is 11.7. The highest BCUT2D eigenvalue weighted by molar-refractivity contribution is 7.09. The molecule has 1 atom stereocenters. The van der Waals surface area contributed by atoms with Crippen molar-refractivity contribution < 1.29 is 0 Å². The molecule has 108 valence electrons. The van der Waals surface area contributed by atoms with E-state index in [1.807, 2.05) is 11.3 Å². The number of hydrogen-bond donors (Lipinski definition) is 1. The molecule has 0 aliphatic heterocycles. The molecular weight excluding hydrogens is 262 g/mol. The van der Waals surface area contributed by atoms with E-state index in [4.69, 9.17) is 0 Å². The van der Waals surface area contributed by atoms with Gasteiger partial charge in [0.25, 0.3) is 0 Å². The Morgan fingerprint density at radius 1 is 1.15 bits per heavy atom. The van der Waals surface area contributed by atoms with Gasteiger partial charge >= 0.3 is 0 Å². The van der Waals surface area contributed by atoms with E-state index < -0.39 is 0 Å². The summed E-state index contributed by atoms with van der Waals surface area (Å²) in [5.41, 5.74) is 4.25. The van der Waals surface area contributed by atoms with Gasteiger partial charge in [-0.15, -0.1) is 11.3 Å². The predicted octanol–water partition coefficient (Wildman–Crippen LogP) is 4.52. The van der Waals surface area contributed by atoms with Gasteiger partial charge in [-0.05, 0) is 62.2 Å². The van der Waals surface area contributed by atoms with Gasteiger partial charge in [0.15, 0.2) is 0 Å². The third-order valence-corrected chi connectivity index (χ3v) is 4.58. The zero-order chi connectivity index (χ0) is 14.4. The van der Waals surface area contributed by atoms with Gasteiger partial charge in [0, 0.05) is 10.9 Å². The van der Waals surface area contributed by atoms with Crippen molar-refractivity contribution in [1.82, 2.24) is 5.32 Å². The monoisotopic (exact) mass is 287 g/mol. The molecule has 0 fully saturated rings. The van der Waals surface area contributed by atoms with Gasteiger partial charge in [0.1, 0.15) is 0 Å². The normalized spacial score (nSPS) is 12.6. The minimum absolute atomic E-state index is 0.536. The Morgan fingerprint density at radius 3 is 2.70 bits per heavy atom. The van der Waals surface area contributed by atoms with Crippen molar-refractivity contribution in [1.29, 1.82) is 0 Å². The van der Waals surface area contributed by atoms with E-state index in [1.54, 1.807) is 0 Å². The number of rotatable bonds is 7. The molecule has 2 aromatic rings. The second kappa shape index (κ2) is 7.61. The Hall–Kier alpha value is -1.12. The first kappa shape index (κ1) is 15.3. The maximum atomic E-state index is 3.71. The maximum Gasteiger partial charge on any atom is 0.0156 e. The molecule has 1 heterocycles. The number of benzene rings is 1. The molecule has 1 aromatic carbocycles. The van der Waals surface area contributed by atoms with Crippen LogP contribution in [0.15, 0.2) is 35.7 Å². The summed E-state index contributed by atoms with van der Waals surface area (Å²) in [4.78, 5) is 1.48. The third-order valence-electron chi connectivity index (χ3n) is 3.68. The van der Waals surface area contributed by atoms with Gasteiger partial charge in [-0.1, -0.05) is 36.8 Å². The molecule has 0 aliphatic carbocycles. The molecule has 0 aliphatic rings. The minimum Gasteiger partial charge on any atom is -0.313 e. The quantitative estimate of drug-likeness (QED) is 0.789. The van der Waals surface area contributed by atoms with E-state index in [1.165, 1.54) is 28.0 Å². The lowest BCUT2D eigenvalue weighted by atomic mass is 9.97. The van der Waals surface area contributed by atoms with Crippen LogP contribution in [0.4, 0.5) is 0 Å². The zero-order valence-corrected chi connectivity index (χ0v) is 13.6. The van der Waals surface area contributed by atoms with Crippen LogP contribution in [0.5, 0.6) is 0 Å². The van der Waals surface area contributed by atoms with Gasteiger partial charge in [-0.25, -0.2) is 0 Å². The molecule has 0 saturated carbocycles. The standard InChI is InChI=1S/C18H25NS/c1-4-9-19-17(13-18-6-5-10-20-18)12-16-11-14(2)7-8-15(16)3/h5-8,10-11,17,19H,4,9,12-13H2,1-3H3. The van der Waals surface area contributed by atoms with Gasteiger partial charge < -0.3 is 5.32 Å². The first-order valence-corrected chi connectivity index (χ1v) is 8.39. The van der Waals surface area contributed by atoms with Crippen LogP contribution >= 0.6 is 11.3 Å². The van der Waals surface area contributed by atoms with Crippen molar-refractivity contribution in [2.24, 2.45) is 0 Å². The van der Waals surface area contributed by atoms with Crippen LogP contribution in [-0.4, -0.2) is 12.6 Å². The smallest absolute Gasteiger partial charge is 0.0156 e. The highest BCUT2D eigenvalue weighted by Crippen LogP contribution is 2.17. The number of nitrogens with one attached hydrogen (secondary N) is 1. The summed E-state index contributed by atoms with van der Waals surface area (Å²) >= 11 is 1.86. The Kier molecular flexibility index (Phi) is 5.81. The molecule has 2 heteroatoms. The fraction of sp³-hybridized carbons (Fsp3) is 0.444. The van der Waals surface area contributed by atoms with Crippen LogP contribution in [0.1, 0.15) is 34.9 Å². The second-order valence-corrected chi connectivity index (χ2v) is 6.60. The molecule has 0 bridgehead atoms. The van der Waals surface area contributed by atoms with Crippen molar-refractivity contribution >= 4 is 11.3 Å². The maximum absolute atomic E-state index is 3.71. The summed E-state index contributed by atoms with van der Waals surface area (Å²) in [6.07, 6.45) is 3.43. The van der Waals surface area contributed by atoms with E-state index in [-0.39, 0.29) is 0 Å². The molecule has 1 N–H and O–H groups in total. The van der Waals surface area contributed by atoms with Crippen molar-refractivity contribution in [2.45, 2.75) is 46.1 Å². The van der Waals surface area contributed by atoms with Crippen molar-refractivity contribution in [2.75, 3.05) is 6.54 Å². The second-order valence-electron chi connectivity index (χ2n) is 5.57. The van der Waals surface area contributed by atoms with E-state index in [2.05, 4.69) is 61.8 Å². The van der Waals surface area contributed by atoms with E-state index in [0.29, 0.717) is 6.04 Å². The average molecular weight is 287 g/mol. The van der Waals surface area contributed by atoms with Crippen molar-refractivity contribution in [3.05, 3.63) is 57.3 Å². The summed E-state index contributed by atoms with van der Waals surface area (Å²) in [5.74, 6) is 0. The van der Waals surface area contributed by atoms with Gasteiger partial charge in [0.2, 0.25) is 0 Å². The highest BCUT2D eigenvalue weighted by atomic mass is 32.1. The summed E-state index contributed by atoms with van der Waals surface area (Å²) in [6.45, 7) is 7.72. The fourth-order valence-corrected chi connectivity index (χ4v) is 3.31. The largest absolute Gasteiger partial charge is 0.313 e. The fourth-order valence-electron chi connectivity index (χ4n) is 2.52. The van der Waals surface area contributed by atoms with Gasteiger partial charge in [-0.2, -0.15) is 0 Å². The molecule has 1 nitrogen and oxygen atoms in total. The zero-order valence-electron chi connectivity index (χ0n) is 12.8. The minimum atomic E-state index is 0.536. The third kappa shape index (κ3) is 4.46. The first-order valence-electron chi connectivity index (χ1n) is 7.51. The molecular formula is C18H25NS. The van der Waals surface area contributed by atoms with Crippen LogP contribution in [-0.2, 0) is 12.8 Å². The molecule has 0 spiro atoms. The molecule has 0 radical (unpaired) electrons. The Morgan fingerprint density at radius 2 is 2.00 bits per heavy atom. The summed E-state index contributed by atoms with van der Waals surface area (Å²) in [5, 5.41) is 5.88. The van der Waals surface area contributed by atoms with Crippen LogP contribution in [0.2, 0.25) is 0 Å². The van der Waals surface area contributed by atoms with Crippen LogP contribution in [0, 0.1) is 13.8 Å². The lowest BCUT2D eigenvalue weighted by Gasteiger charge is -2.19. The van der Waals surface area contributed by atoms with Crippen molar-refractivity contribution in [3.8, 4) is 0 Å². The van der Waals surface area contributed by atoms with Crippen molar-refractivity contribution in [3.63, 3.8) is 0 Å². The lowest BCUT2D eigenvalue weighted by molar-refractivity contribution is 0.506. The molecule has 20 heavy (non-hydrogen) atoms. The molecule has 0 amide bonds. The SMILES string of the molecule is CCCNC(Cc1cccs1)Cc1cc(C)ccc1C. The highest BCUT2D eigenvalue weighted by Gasteiger charge is 2.12. The molecule has 1 aromatic heterocycles. The summed E-state index contributed by atoms with van der Waals surface area (Å²) in [7, 11) is 0. The Labute approximate surface area is 127 Å². The van der Waals surface area contributed by atoms with E-state index in [0.717, 1.165) is 19.4 Å². The molecule has 1 unspecified atom stereocenters. The van der Waals surface area contributed by atoms with E-state index >= 15 is 0 Å². The molecule has 0 saturated heterocycles. The number of aryl methyl sites for hydroxylation is 2. The van der Waals surface area contributed by atoms with Gasteiger partial charge in [0.05, 0.1) is 0 Å². The van der Waals surface area contributed by atoms with Crippen LogP contribution < -0.4 is 5.32 Å². The topological polar surface area (TPSA) is 12.0 Å². The predicted molar refractivity (Wildman–Crippen MR) is 89.7 cm³/mol. The number of thiophene rings is 1. The van der Waals surface area contributed by atoms with Crippen LogP contribution in [0.25, 0.3) is 0 Å².